The van der Waals surface area contributed by atoms with Gasteiger partial charge in [-0.05, 0) is 52.0 Å². The van der Waals surface area contributed by atoms with Gasteiger partial charge in [-0.3, -0.25) is 9.59 Å². The second kappa shape index (κ2) is 9.19. The molecule has 2 aromatic heterocycles. The fourth-order valence-electron chi connectivity index (χ4n) is 3.98. The minimum atomic E-state index is -0.178. The molecule has 172 valence electrons. The number of aryl methyl sites for hydroxylation is 3. The van der Waals surface area contributed by atoms with Crippen LogP contribution in [0.2, 0.25) is 5.02 Å². The normalized spacial score (nSPS) is 13.7. The van der Waals surface area contributed by atoms with Crippen molar-refractivity contribution in [1.82, 2.24) is 25.1 Å². The lowest BCUT2D eigenvalue weighted by Crippen LogP contribution is -2.47. The van der Waals surface area contributed by atoms with Crippen LogP contribution in [0.1, 0.15) is 28.3 Å². The molecule has 9 nitrogen and oxygen atoms in total. The number of aromatic nitrogens is 4. The summed E-state index contributed by atoms with van der Waals surface area (Å²) in [6.07, 6.45) is 0.161. The maximum absolute atomic E-state index is 12.8. The lowest BCUT2D eigenvalue weighted by Gasteiger charge is -2.29. The monoisotopic (exact) mass is 467 g/mol. The van der Waals surface area contributed by atoms with E-state index in [9.17, 15) is 9.59 Å². The molecule has 1 aliphatic heterocycles. The maximum atomic E-state index is 12.8. The van der Waals surface area contributed by atoms with E-state index in [0.29, 0.717) is 29.7 Å². The fourth-order valence-corrected chi connectivity index (χ4v) is 4.28. The number of piperazine rings is 1. The summed E-state index contributed by atoms with van der Waals surface area (Å²) in [5.74, 6) is 0.281. The Labute approximate surface area is 197 Å². The topological polar surface area (TPSA) is 105 Å². The Bertz CT molecular complexity index is 1220. The van der Waals surface area contributed by atoms with Crippen LogP contribution in [-0.2, 0) is 16.0 Å². The van der Waals surface area contributed by atoms with E-state index in [2.05, 4.69) is 25.7 Å². The third-order valence-electron chi connectivity index (χ3n) is 5.55. The van der Waals surface area contributed by atoms with Crippen molar-refractivity contribution in [3.8, 4) is 5.95 Å². The number of rotatable bonds is 5. The quantitative estimate of drug-likeness (QED) is 0.597. The van der Waals surface area contributed by atoms with Crippen molar-refractivity contribution in [2.45, 2.75) is 34.1 Å². The Morgan fingerprint density at radius 1 is 1.15 bits per heavy atom. The van der Waals surface area contributed by atoms with Gasteiger partial charge in [0.15, 0.2) is 0 Å². The van der Waals surface area contributed by atoms with Crippen molar-refractivity contribution in [2.75, 3.05) is 29.9 Å². The average molecular weight is 468 g/mol. The van der Waals surface area contributed by atoms with Gasteiger partial charge in [0.05, 0.1) is 29.4 Å². The standard InChI is InChI=1S/C23H26ClN7O2/c1-13-9-14(2)27-23(26-13)31-16(4)18(15(3)29-31)11-21(32)28-17-5-6-20(19(24)10-17)30-8-7-25-22(33)12-30/h5-6,9-10H,7-8,11-12H2,1-4H3,(H,25,33)(H,28,32). The number of hydrogen-bond donors (Lipinski definition) is 2. The summed E-state index contributed by atoms with van der Waals surface area (Å²) >= 11 is 6.45. The highest BCUT2D eigenvalue weighted by atomic mass is 35.5. The van der Waals surface area contributed by atoms with E-state index < -0.39 is 0 Å². The van der Waals surface area contributed by atoms with Gasteiger partial charge < -0.3 is 15.5 Å². The molecule has 1 saturated heterocycles. The molecule has 0 radical (unpaired) electrons. The van der Waals surface area contributed by atoms with Gasteiger partial charge in [-0.15, -0.1) is 0 Å². The largest absolute Gasteiger partial charge is 0.359 e. The molecule has 2 N–H and O–H groups in total. The predicted molar refractivity (Wildman–Crippen MR) is 127 cm³/mol. The number of amides is 2. The third kappa shape index (κ3) is 4.98. The molecule has 1 aliphatic rings. The summed E-state index contributed by atoms with van der Waals surface area (Å²) < 4.78 is 1.68. The fraction of sp³-hybridized carbons (Fsp3) is 0.348. The molecule has 33 heavy (non-hydrogen) atoms. The van der Waals surface area contributed by atoms with Gasteiger partial charge in [0, 0.05) is 41.4 Å². The van der Waals surface area contributed by atoms with Crippen molar-refractivity contribution in [3.63, 3.8) is 0 Å². The number of hydrogen-bond acceptors (Lipinski definition) is 6. The summed E-state index contributed by atoms with van der Waals surface area (Å²) in [6.45, 7) is 9.12. The van der Waals surface area contributed by atoms with E-state index >= 15 is 0 Å². The second-order valence-electron chi connectivity index (χ2n) is 8.17. The molecule has 10 heteroatoms. The zero-order valence-corrected chi connectivity index (χ0v) is 19.8. The Balaban J connectivity index is 1.48. The van der Waals surface area contributed by atoms with Crippen LogP contribution >= 0.6 is 11.6 Å². The lowest BCUT2D eigenvalue weighted by atomic mass is 10.1. The maximum Gasteiger partial charge on any atom is 0.251 e. The molecule has 0 spiro atoms. The molecule has 0 unspecified atom stereocenters. The molecule has 0 aliphatic carbocycles. The molecule has 1 aromatic carbocycles. The Kier molecular flexibility index (Phi) is 6.33. The van der Waals surface area contributed by atoms with Gasteiger partial charge in [-0.25, -0.2) is 14.6 Å². The SMILES string of the molecule is Cc1cc(C)nc(-n2nc(C)c(CC(=O)Nc3ccc(N4CCNC(=O)C4)c(Cl)c3)c2C)n1. The summed E-state index contributed by atoms with van der Waals surface area (Å²) in [6, 6.07) is 7.22. The molecular formula is C23H26ClN7O2. The molecule has 3 heterocycles. The van der Waals surface area contributed by atoms with E-state index in [1.54, 1.807) is 16.8 Å². The number of carbonyl (C=O) groups is 2. The van der Waals surface area contributed by atoms with Crippen molar-refractivity contribution < 1.29 is 9.59 Å². The zero-order valence-electron chi connectivity index (χ0n) is 19.1. The first-order valence-electron chi connectivity index (χ1n) is 10.7. The molecule has 4 rings (SSSR count). The van der Waals surface area contributed by atoms with Crippen LogP contribution in [0.25, 0.3) is 5.95 Å². The van der Waals surface area contributed by atoms with Crippen molar-refractivity contribution >= 4 is 34.8 Å². The van der Waals surface area contributed by atoms with Crippen LogP contribution in [0.4, 0.5) is 11.4 Å². The Hall–Kier alpha value is -3.46. The van der Waals surface area contributed by atoms with Crippen molar-refractivity contribution in [2.24, 2.45) is 0 Å². The first-order valence-corrected chi connectivity index (χ1v) is 11.1. The molecule has 3 aromatic rings. The van der Waals surface area contributed by atoms with Crippen molar-refractivity contribution in [3.05, 3.63) is 57.6 Å². The van der Waals surface area contributed by atoms with Crippen LogP contribution in [0.5, 0.6) is 0 Å². The van der Waals surface area contributed by atoms with E-state index in [-0.39, 0.29) is 24.8 Å². The van der Waals surface area contributed by atoms with Crippen molar-refractivity contribution in [1.29, 1.82) is 0 Å². The number of carbonyl (C=O) groups excluding carboxylic acids is 2. The second-order valence-corrected chi connectivity index (χ2v) is 8.58. The average Bonchev–Trinajstić information content (AvgIpc) is 3.01. The van der Waals surface area contributed by atoms with Gasteiger partial charge in [0.2, 0.25) is 11.8 Å². The highest BCUT2D eigenvalue weighted by molar-refractivity contribution is 6.33. The summed E-state index contributed by atoms with van der Waals surface area (Å²) in [5.41, 5.74) is 5.48. The van der Waals surface area contributed by atoms with Gasteiger partial charge in [-0.2, -0.15) is 5.10 Å². The Morgan fingerprint density at radius 3 is 2.55 bits per heavy atom. The molecular weight excluding hydrogens is 442 g/mol. The zero-order chi connectivity index (χ0) is 23.7. The number of benzene rings is 1. The third-order valence-corrected chi connectivity index (χ3v) is 5.85. The van der Waals surface area contributed by atoms with E-state index in [1.807, 2.05) is 44.7 Å². The van der Waals surface area contributed by atoms with Gasteiger partial charge in [-0.1, -0.05) is 11.6 Å². The molecule has 0 saturated carbocycles. The predicted octanol–water partition coefficient (Wildman–Crippen LogP) is 2.67. The number of nitrogens with one attached hydrogen (secondary N) is 2. The molecule has 2 amide bonds. The summed E-state index contributed by atoms with van der Waals surface area (Å²) in [5, 5.41) is 10.7. The number of nitrogens with zero attached hydrogens (tertiary/aromatic N) is 5. The van der Waals surface area contributed by atoms with Gasteiger partial charge in [0.25, 0.3) is 5.95 Å². The number of halogens is 1. The van der Waals surface area contributed by atoms with Crippen LogP contribution in [-0.4, -0.2) is 51.2 Å². The smallest absolute Gasteiger partial charge is 0.251 e. The van der Waals surface area contributed by atoms with E-state index in [1.165, 1.54) is 0 Å². The molecule has 0 atom stereocenters. The highest BCUT2D eigenvalue weighted by Crippen LogP contribution is 2.29. The first kappa shape index (κ1) is 22.7. The highest BCUT2D eigenvalue weighted by Gasteiger charge is 2.20. The summed E-state index contributed by atoms with van der Waals surface area (Å²) in [4.78, 5) is 35.3. The van der Waals surface area contributed by atoms with Crippen LogP contribution in [0.15, 0.2) is 24.3 Å². The molecule has 1 fully saturated rings. The van der Waals surface area contributed by atoms with Crippen LogP contribution in [0, 0.1) is 27.7 Å². The van der Waals surface area contributed by atoms with Crippen LogP contribution in [0.3, 0.4) is 0 Å². The van der Waals surface area contributed by atoms with Gasteiger partial charge >= 0.3 is 0 Å². The minimum absolute atomic E-state index is 0.0350. The Morgan fingerprint density at radius 2 is 1.88 bits per heavy atom. The molecule has 0 bridgehead atoms. The first-order chi connectivity index (χ1) is 15.7. The van der Waals surface area contributed by atoms with E-state index in [4.69, 9.17) is 11.6 Å². The minimum Gasteiger partial charge on any atom is -0.359 e. The summed E-state index contributed by atoms with van der Waals surface area (Å²) in [7, 11) is 0. The lowest BCUT2D eigenvalue weighted by molar-refractivity contribution is -0.120. The van der Waals surface area contributed by atoms with Gasteiger partial charge in [0.1, 0.15) is 0 Å². The van der Waals surface area contributed by atoms with Crippen LogP contribution < -0.4 is 15.5 Å². The number of anilines is 2. The van der Waals surface area contributed by atoms with E-state index in [0.717, 1.165) is 34.0 Å².